The molecular formula is C49H78N2O15. The van der Waals surface area contributed by atoms with E-state index in [0.29, 0.717) is 0 Å². The van der Waals surface area contributed by atoms with Gasteiger partial charge in [0.1, 0.15) is 12.2 Å². The van der Waals surface area contributed by atoms with Gasteiger partial charge in [0.15, 0.2) is 12.1 Å². The third kappa shape index (κ3) is 20.4. The van der Waals surface area contributed by atoms with Crippen molar-refractivity contribution in [3.05, 3.63) is 85.1 Å². The van der Waals surface area contributed by atoms with Crippen LogP contribution in [0.5, 0.6) is 0 Å². The number of hydrogen-bond acceptors (Lipinski definition) is 16. The highest BCUT2D eigenvalue weighted by molar-refractivity contribution is 5.79. The van der Waals surface area contributed by atoms with E-state index in [1.54, 1.807) is 51.2 Å². The lowest BCUT2D eigenvalue weighted by Gasteiger charge is -2.43. The number of cyclic esters (lactones) is 1. The Labute approximate surface area is 389 Å². The Bertz CT molecular complexity index is 1650. The molecule has 0 spiro atoms. The molecule has 0 radical (unpaired) electrons. The molecule has 3 heterocycles. The molecule has 17 heteroatoms. The summed E-state index contributed by atoms with van der Waals surface area (Å²) in [5, 5.41) is 100. The Hall–Kier alpha value is -3.40. The molecule has 2 fully saturated rings. The van der Waals surface area contributed by atoms with Crippen LogP contribution in [0.1, 0.15) is 91.9 Å². The van der Waals surface area contributed by atoms with Gasteiger partial charge >= 0.3 is 5.97 Å². The van der Waals surface area contributed by atoms with E-state index in [9.17, 15) is 55.5 Å². The van der Waals surface area contributed by atoms with Crippen LogP contribution in [0, 0.1) is 17.8 Å². The Kier molecular flexibility index (Phi) is 25.4. The monoisotopic (exact) mass is 935 g/mol. The maximum atomic E-state index is 13.4. The van der Waals surface area contributed by atoms with Gasteiger partial charge < -0.3 is 76.0 Å². The summed E-state index contributed by atoms with van der Waals surface area (Å²) in [5.41, 5.74) is 5.65. The summed E-state index contributed by atoms with van der Waals surface area (Å²) in [4.78, 5) is 26.1. The minimum absolute atomic E-state index is 0.00999. The number of aliphatic hydroxyl groups excluding tert-OH is 8. The fourth-order valence-electron chi connectivity index (χ4n) is 8.08. The average Bonchev–Trinajstić information content (AvgIpc) is 3.25. The third-order valence-corrected chi connectivity index (χ3v) is 12.3. The number of fused-ring (bicyclic) bond motifs is 2. The van der Waals surface area contributed by atoms with Crippen LogP contribution in [0.2, 0.25) is 0 Å². The van der Waals surface area contributed by atoms with Gasteiger partial charge in [-0.15, -0.1) is 0 Å². The first-order valence-corrected chi connectivity index (χ1v) is 23.3. The lowest BCUT2D eigenvalue weighted by atomic mass is 9.84. The summed E-state index contributed by atoms with van der Waals surface area (Å²) in [5.74, 6) is -4.52. The fourth-order valence-corrected chi connectivity index (χ4v) is 8.08. The minimum Gasteiger partial charge on any atom is -0.462 e. The molecule has 3 aliphatic heterocycles. The number of amides is 1. The molecule has 0 aromatic heterocycles. The van der Waals surface area contributed by atoms with Gasteiger partial charge in [-0.1, -0.05) is 98.9 Å². The van der Waals surface area contributed by atoms with Crippen molar-refractivity contribution in [3.8, 4) is 0 Å². The Morgan fingerprint density at radius 1 is 0.712 bits per heavy atom. The van der Waals surface area contributed by atoms with Crippen LogP contribution in [-0.2, 0) is 28.5 Å². The number of carbonyl (C=O) groups excluding carboxylic acids is 2. The smallest absolute Gasteiger partial charge is 0.308 e. The molecule has 374 valence electrons. The molecule has 0 aromatic carbocycles. The van der Waals surface area contributed by atoms with Gasteiger partial charge in [-0.25, -0.2) is 0 Å². The van der Waals surface area contributed by atoms with Crippen LogP contribution >= 0.6 is 0 Å². The van der Waals surface area contributed by atoms with Crippen molar-refractivity contribution < 1.29 is 74.5 Å². The topological polar surface area (TPSA) is 291 Å². The van der Waals surface area contributed by atoms with Gasteiger partial charge in [-0.3, -0.25) is 9.59 Å². The number of rotatable bonds is 5. The number of esters is 1. The van der Waals surface area contributed by atoms with Crippen molar-refractivity contribution in [1.82, 2.24) is 5.32 Å². The molecule has 2 bridgehead atoms. The number of nitrogens with one attached hydrogen (secondary N) is 1. The van der Waals surface area contributed by atoms with Crippen molar-refractivity contribution in [2.45, 2.75) is 177 Å². The van der Waals surface area contributed by atoms with Crippen molar-refractivity contribution >= 4 is 11.9 Å². The summed E-state index contributed by atoms with van der Waals surface area (Å²) >= 11 is 0. The van der Waals surface area contributed by atoms with E-state index >= 15 is 0 Å². The zero-order valence-corrected chi connectivity index (χ0v) is 38.9. The number of ether oxygens (including phenoxy) is 4. The molecule has 1 unspecified atom stereocenters. The van der Waals surface area contributed by atoms with E-state index in [1.165, 1.54) is 0 Å². The molecule has 0 aliphatic carbocycles. The zero-order chi connectivity index (χ0) is 48.8. The lowest BCUT2D eigenvalue weighted by molar-refractivity contribution is -0.293. The normalized spacial score (nSPS) is 42.7. The first-order valence-electron chi connectivity index (χ1n) is 23.3. The van der Waals surface area contributed by atoms with E-state index in [1.807, 2.05) is 61.6 Å². The van der Waals surface area contributed by atoms with Crippen LogP contribution < -0.4 is 11.1 Å². The second-order valence-electron chi connectivity index (χ2n) is 18.0. The van der Waals surface area contributed by atoms with Crippen LogP contribution in [0.4, 0.5) is 0 Å². The molecule has 0 aromatic rings. The predicted octanol–water partition coefficient (Wildman–Crippen LogP) is 1.79. The summed E-state index contributed by atoms with van der Waals surface area (Å²) < 4.78 is 23.8. The molecule has 1 amide bonds. The average molecular weight is 935 g/mol. The molecule has 3 rings (SSSR count). The molecular weight excluding hydrogens is 857 g/mol. The second kappa shape index (κ2) is 29.5. The van der Waals surface area contributed by atoms with E-state index in [4.69, 9.17) is 24.7 Å². The Morgan fingerprint density at radius 3 is 1.94 bits per heavy atom. The lowest BCUT2D eigenvalue weighted by Crippen LogP contribution is -2.53. The summed E-state index contributed by atoms with van der Waals surface area (Å²) in [7, 11) is 0. The number of aliphatic hydroxyl groups is 9. The van der Waals surface area contributed by atoms with Gasteiger partial charge in [0.05, 0.1) is 73.4 Å². The highest BCUT2D eigenvalue weighted by Gasteiger charge is 2.46. The summed E-state index contributed by atoms with van der Waals surface area (Å²) in [6, 6.07) is 0. The Morgan fingerprint density at radius 2 is 1.32 bits per heavy atom. The van der Waals surface area contributed by atoms with Crippen molar-refractivity contribution in [2.75, 3.05) is 13.1 Å². The van der Waals surface area contributed by atoms with Gasteiger partial charge in [0.2, 0.25) is 5.91 Å². The molecule has 66 heavy (non-hydrogen) atoms. The second-order valence-corrected chi connectivity index (χ2v) is 18.0. The van der Waals surface area contributed by atoms with Gasteiger partial charge in [-0.2, -0.15) is 0 Å². The standard InChI is InChI=1S/C49H78N2O15/c1-31-17-15-13-11-9-7-5-6-8-10-12-14-16-18-38(65-48-43(58)29-41(56)34(4)64-48)28-44-39(47(61)51-24-23-50)21-22-49(62,66-44)30-37(54)26-42(57)40(55)20-19-35(52)25-36(53)27-45(59)63-33(3)32(2)46(31)60/h5-18,31-44,46,48,52-58,60,62H,19-30,50H2,1-4H3,(H,51,61)/b6-5+,9-7+,10-8+,13-11+,14-12+,17-15+,18-16+/t31-,32-,33-,34-,35+,36+,37-,38-,39+,40+,41-,42+,43-,44-,46+,48?,49-/m0/s1. The van der Waals surface area contributed by atoms with Crippen molar-refractivity contribution in [3.63, 3.8) is 0 Å². The largest absolute Gasteiger partial charge is 0.462 e. The third-order valence-electron chi connectivity index (χ3n) is 12.3. The molecule has 0 saturated carbocycles. The maximum Gasteiger partial charge on any atom is 0.308 e. The van der Waals surface area contributed by atoms with Gasteiger partial charge in [0, 0.05) is 57.0 Å². The van der Waals surface area contributed by atoms with Crippen LogP contribution in [-0.4, -0.2) is 156 Å². The van der Waals surface area contributed by atoms with E-state index < -0.39 is 110 Å². The molecule has 3 aliphatic rings. The number of carbonyl (C=O) groups is 2. The van der Waals surface area contributed by atoms with Crippen LogP contribution in [0.25, 0.3) is 0 Å². The number of allylic oxidation sites excluding steroid dienone is 12. The van der Waals surface area contributed by atoms with Crippen molar-refractivity contribution in [1.29, 1.82) is 0 Å². The highest BCUT2D eigenvalue weighted by atomic mass is 16.7. The SMILES string of the molecule is C[C@@H]1[C@H](O)[C@@H](C)/C=C/C=C/C=C/C=C/C=C/C=C/C=C/[C@H](OC2O[C@@H](C)[C@@H](O)C[C@@H]2O)C[C@@H]2O[C@@](O)(CC[C@H]2C(=O)NCCN)C[C@@H](O)C[C@@H](O)[C@H](O)CC[C@@H](O)C[C@@H](O)CC(=O)O[C@H]1C. The van der Waals surface area contributed by atoms with E-state index in [0.717, 1.165) is 0 Å². The maximum absolute atomic E-state index is 13.4. The van der Waals surface area contributed by atoms with Crippen LogP contribution in [0.15, 0.2) is 85.1 Å². The van der Waals surface area contributed by atoms with E-state index in [-0.39, 0.29) is 82.7 Å². The first kappa shape index (κ1) is 56.9. The number of hydrogen-bond donors (Lipinski definition) is 11. The van der Waals surface area contributed by atoms with E-state index in [2.05, 4.69) is 5.32 Å². The summed E-state index contributed by atoms with van der Waals surface area (Å²) in [6.07, 6.45) is 9.92. The van der Waals surface area contributed by atoms with Crippen LogP contribution in [0.3, 0.4) is 0 Å². The quantitative estimate of drug-likeness (QED) is 0.175. The Balaban J connectivity index is 1.86. The minimum atomic E-state index is -1.97. The summed E-state index contributed by atoms with van der Waals surface area (Å²) in [6.45, 7) is 7.31. The molecule has 17 nitrogen and oxygen atoms in total. The molecule has 2 saturated heterocycles. The van der Waals surface area contributed by atoms with Crippen molar-refractivity contribution in [2.24, 2.45) is 23.5 Å². The number of nitrogens with two attached hydrogens (primary N) is 1. The zero-order valence-electron chi connectivity index (χ0n) is 38.9. The fraction of sp³-hybridized carbons (Fsp3) is 0.673. The van der Waals surface area contributed by atoms with Gasteiger partial charge in [-0.05, 0) is 39.5 Å². The predicted molar refractivity (Wildman–Crippen MR) is 247 cm³/mol. The molecule has 17 atom stereocenters. The first-order chi connectivity index (χ1) is 31.3. The molecule has 12 N–H and O–H groups in total. The highest BCUT2D eigenvalue weighted by Crippen LogP contribution is 2.38. The van der Waals surface area contributed by atoms with Gasteiger partial charge in [0.25, 0.3) is 0 Å².